The standard InChI is InChI=1S/C43H42N6O3/c1-5-29-42(4)44-38(41(2,3)52)37(40(50)51)48(42)34-27-25-30(26-28-34)35-23-15-16-24-36(35)39-45-46-47-49(39)43(31-17-9-6-10-18-31,32-19-11-7-12-20-32)33-21-13-8-14-22-33/h6-28,44,52H,5,29H2,1-4H3,(H,50,51). The number of carboxylic acid groups (broad SMARTS) is 1. The third-order valence-corrected chi connectivity index (χ3v) is 9.87. The third kappa shape index (κ3) is 5.82. The van der Waals surface area contributed by atoms with E-state index in [4.69, 9.17) is 5.21 Å². The molecule has 1 aliphatic heterocycles. The lowest BCUT2D eigenvalue weighted by atomic mass is 9.77. The SMILES string of the molecule is CCCC1(C)NC(C(C)(C)O)=C(C(=O)O)N1c1ccc(-c2ccccc2-c2nnnn2C(c2ccccc2)(c2ccccc2)c2ccccc2)cc1. The molecule has 52 heavy (non-hydrogen) atoms. The molecular weight excluding hydrogens is 649 g/mol. The molecule has 9 nitrogen and oxygen atoms in total. The molecule has 0 aliphatic carbocycles. The van der Waals surface area contributed by atoms with E-state index in [0.717, 1.165) is 39.8 Å². The van der Waals surface area contributed by atoms with Crippen LogP contribution in [0.2, 0.25) is 0 Å². The smallest absolute Gasteiger partial charge is 0.354 e. The Morgan fingerprint density at radius 2 is 1.25 bits per heavy atom. The van der Waals surface area contributed by atoms with Crippen LogP contribution in [0.25, 0.3) is 22.5 Å². The van der Waals surface area contributed by atoms with E-state index in [0.29, 0.717) is 17.9 Å². The minimum Gasteiger partial charge on any atom is -0.477 e. The second-order valence-electron chi connectivity index (χ2n) is 13.9. The molecule has 0 spiro atoms. The van der Waals surface area contributed by atoms with Gasteiger partial charge in [0.15, 0.2) is 11.5 Å². The lowest BCUT2D eigenvalue weighted by Crippen LogP contribution is -2.52. The van der Waals surface area contributed by atoms with E-state index in [1.54, 1.807) is 18.7 Å². The third-order valence-electron chi connectivity index (χ3n) is 9.87. The molecule has 9 heteroatoms. The molecule has 0 saturated carbocycles. The lowest BCUT2D eigenvalue weighted by Gasteiger charge is -2.38. The minimum atomic E-state index is -1.38. The maximum atomic E-state index is 12.7. The van der Waals surface area contributed by atoms with Gasteiger partial charge >= 0.3 is 5.97 Å². The van der Waals surface area contributed by atoms with E-state index < -0.39 is 22.8 Å². The number of nitrogens with one attached hydrogen (secondary N) is 1. The monoisotopic (exact) mass is 690 g/mol. The first-order valence-corrected chi connectivity index (χ1v) is 17.5. The number of anilines is 1. The highest BCUT2D eigenvalue weighted by molar-refractivity contribution is 5.94. The van der Waals surface area contributed by atoms with Gasteiger partial charge in [0.2, 0.25) is 0 Å². The maximum absolute atomic E-state index is 12.7. The first-order chi connectivity index (χ1) is 25.1. The Balaban J connectivity index is 1.39. The van der Waals surface area contributed by atoms with E-state index in [1.165, 1.54) is 0 Å². The quantitative estimate of drug-likeness (QED) is 0.118. The summed E-state index contributed by atoms with van der Waals surface area (Å²) in [6, 6.07) is 46.8. The Kier molecular flexibility index (Phi) is 8.98. The van der Waals surface area contributed by atoms with Gasteiger partial charge < -0.3 is 20.4 Å². The van der Waals surface area contributed by atoms with Crippen molar-refractivity contribution in [3.8, 4) is 22.5 Å². The van der Waals surface area contributed by atoms with Crippen LogP contribution in [-0.2, 0) is 10.3 Å². The summed E-state index contributed by atoms with van der Waals surface area (Å²) in [5, 5.41) is 38.5. The number of carbonyl (C=O) groups is 1. The molecular formula is C43H42N6O3. The number of hydrogen-bond acceptors (Lipinski definition) is 7. The van der Waals surface area contributed by atoms with Gasteiger partial charge in [-0.2, -0.15) is 0 Å². The molecule has 5 aromatic carbocycles. The number of nitrogens with zero attached hydrogens (tertiary/aromatic N) is 5. The Labute approximate surface area is 303 Å². The average Bonchev–Trinajstić information content (AvgIpc) is 3.77. The zero-order valence-electron chi connectivity index (χ0n) is 29.7. The molecule has 6 aromatic rings. The van der Waals surface area contributed by atoms with E-state index in [2.05, 4.69) is 59.0 Å². The molecule has 1 unspecified atom stereocenters. The Morgan fingerprint density at radius 3 is 1.73 bits per heavy atom. The molecule has 0 bridgehead atoms. The number of carboxylic acids is 1. The van der Waals surface area contributed by atoms with Crippen molar-refractivity contribution in [2.75, 3.05) is 4.90 Å². The van der Waals surface area contributed by atoms with Crippen LogP contribution >= 0.6 is 0 Å². The van der Waals surface area contributed by atoms with Gasteiger partial charge in [-0.25, -0.2) is 9.48 Å². The second kappa shape index (κ2) is 13.6. The molecule has 3 N–H and O–H groups in total. The van der Waals surface area contributed by atoms with Gasteiger partial charge in [-0.15, -0.1) is 5.10 Å². The predicted octanol–water partition coefficient (Wildman–Crippen LogP) is 7.84. The highest BCUT2D eigenvalue weighted by Gasteiger charge is 2.48. The van der Waals surface area contributed by atoms with Crippen LogP contribution in [0.1, 0.15) is 57.2 Å². The Hall–Kier alpha value is -6.06. The molecule has 1 atom stereocenters. The average molecular weight is 691 g/mol. The van der Waals surface area contributed by atoms with Gasteiger partial charge in [-0.1, -0.05) is 141 Å². The van der Waals surface area contributed by atoms with Crippen molar-refractivity contribution in [1.82, 2.24) is 25.5 Å². The number of rotatable bonds is 11. The van der Waals surface area contributed by atoms with Gasteiger partial charge in [-0.3, -0.25) is 0 Å². The highest BCUT2D eigenvalue weighted by Crippen LogP contribution is 2.44. The first kappa shape index (κ1) is 34.4. The normalized spacial score (nSPS) is 16.2. The Morgan fingerprint density at radius 1 is 0.750 bits per heavy atom. The van der Waals surface area contributed by atoms with Crippen LogP contribution in [-0.4, -0.2) is 47.7 Å². The maximum Gasteiger partial charge on any atom is 0.354 e. The molecule has 0 amide bonds. The number of aliphatic hydroxyl groups is 1. The highest BCUT2D eigenvalue weighted by atomic mass is 16.4. The van der Waals surface area contributed by atoms with Gasteiger partial charge in [0, 0.05) is 11.3 Å². The fraction of sp³-hybridized carbons (Fsp3) is 0.209. The fourth-order valence-corrected chi connectivity index (χ4v) is 7.67. The van der Waals surface area contributed by atoms with Crippen LogP contribution in [0.4, 0.5) is 5.69 Å². The lowest BCUT2D eigenvalue weighted by molar-refractivity contribution is -0.133. The van der Waals surface area contributed by atoms with E-state index in [1.807, 2.05) is 115 Å². The van der Waals surface area contributed by atoms with Crippen molar-refractivity contribution < 1.29 is 15.0 Å². The number of benzene rings is 5. The second-order valence-corrected chi connectivity index (χ2v) is 13.9. The number of hydrogen-bond donors (Lipinski definition) is 3. The van der Waals surface area contributed by atoms with Gasteiger partial charge in [0.05, 0.1) is 5.70 Å². The van der Waals surface area contributed by atoms with Crippen LogP contribution in [0.5, 0.6) is 0 Å². The van der Waals surface area contributed by atoms with Crippen LogP contribution in [0.15, 0.2) is 151 Å². The summed E-state index contributed by atoms with van der Waals surface area (Å²) in [5.41, 5.74) is 3.64. The molecule has 1 aromatic heterocycles. The minimum absolute atomic E-state index is 0.0369. The van der Waals surface area contributed by atoms with E-state index >= 15 is 0 Å². The number of tetrazole rings is 1. The summed E-state index contributed by atoms with van der Waals surface area (Å²) in [4.78, 5) is 14.5. The topological polar surface area (TPSA) is 116 Å². The van der Waals surface area contributed by atoms with Crippen LogP contribution in [0, 0.1) is 0 Å². The van der Waals surface area contributed by atoms with E-state index in [9.17, 15) is 15.0 Å². The Bertz CT molecular complexity index is 2110. The molecule has 0 radical (unpaired) electrons. The summed E-state index contributed by atoms with van der Waals surface area (Å²) in [6.07, 6.45) is 1.46. The molecule has 0 saturated heterocycles. The summed E-state index contributed by atoms with van der Waals surface area (Å²) in [7, 11) is 0. The van der Waals surface area contributed by atoms with Crippen molar-refractivity contribution in [2.24, 2.45) is 0 Å². The fourth-order valence-electron chi connectivity index (χ4n) is 7.67. The van der Waals surface area contributed by atoms with Crippen molar-refractivity contribution in [2.45, 2.75) is 57.3 Å². The predicted molar refractivity (Wildman–Crippen MR) is 203 cm³/mol. The molecule has 2 heterocycles. The number of aromatic nitrogens is 4. The molecule has 0 fully saturated rings. The summed E-state index contributed by atoms with van der Waals surface area (Å²) in [5.74, 6) is -0.522. The van der Waals surface area contributed by atoms with Gasteiger partial charge in [-0.05, 0) is 77.6 Å². The van der Waals surface area contributed by atoms with Crippen LogP contribution in [0.3, 0.4) is 0 Å². The van der Waals surface area contributed by atoms with Crippen molar-refractivity contribution in [1.29, 1.82) is 0 Å². The van der Waals surface area contributed by atoms with Crippen molar-refractivity contribution in [3.05, 3.63) is 168 Å². The number of aliphatic carboxylic acids is 1. The molecule has 1 aliphatic rings. The summed E-state index contributed by atoms with van der Waals surface area (Å²) in [6.45, 7) is 7.23. The zero-order valence-corrected chi connectivity index (χ0v) is 29.7. The van der Waals surface area contributed by atoms with Crippen molar-refractivity contribution in [3.63, 3.8) is 0 Å². The summed E-state index contributed by atoms with van der Waals surface area (Å²) < 4.78 is 1.92. The van der Waals surface area contributed by atoms with Crippen molar-refractivity contribution >= 4 is 11.7 Å². The zero-order chi connectivity index (χ0) is 36.5. The largest absolute Gasteiger partial charge is 0.477 e. The van der Waals surface area contributed by atoms with E-state index in [-0.39, 0.29) is 11.4 Å². The summed E-state index contributed by atoms with van der Waals surface area (Å²) >= 11 is 0. The molecule has 7 rings (SSSR count). The van der Waals surface area contributed by atoms with Gasteiger partial charge in [0.1, 0.15) is 16.8 Å². The molecule has 262 valence electrons. The van der Waals surface area contributed by atoms with Gasteiger partial charge in [0.25, 0.3) is 0 Å². The first-order valence-electron chi connectivity index (χ1n) is 17.5. The van der Waals surface area contributed by atoms with Crippen LogP contribution < -0.4 is 10.2 Å².